The van der Waals surface area contributed by atoms with Crippen molar-refractivity contribution in [2.75, 3.05) is 13.1 Å². The number of benzene rings is 6. The number of rotatable bonds is 14. The minimum absolute atomic E-state index is 0.208. The highest BCUT2D eigenvalue weighted by molar-refractivity contribution is 6.43. The summed E-state index contributed by atoms with van der Waals surface area (Å²) in [6.07, 6.45) is 8.04. The Hall–Kier alpha value is -5.10. The Balaban J connectivity index is 1.42. The van der Waals surface area contributed by atoms with Crippen LogP contribution in [0.5, 0.6) is 0 Å². The number of unbranched alkanes of at least 4 members (excludes halogenated alkanes) is 2. The zero-order valence-electron chi connectivity index (χ0n) is 33.2. The SMILES string of the molecule is CCCCC(CC)CN1C(=O)c2ccc3c4ccc5c6c(cc(-c7ccccc7C(C)C)c(c7ccc(c2c37)C1=O)c64)C(=O)N(CC(CC)CCCC)C5=O. The molecule has 4 amide bonds. The number of carbonyl (C=O) groups excluding carboxylic acids is 4. The van der Waals surface area contributed by atoms with Crippen molar-refractivity contribution < 1.29 is 19.2 Å². The smallest absolute Gasteiger partial charge is 0.261 e. The van der Waals surface area contributed by atoms with Gasteiger partial charge in [0.15, 0.2) is 0 Å². The summed E-state index contributed by atoms with van der Waals surface area (Å²) in [7, 11) is 0. The van der Waals surface area contributed by atoms with Gasteiger partial charge in [0.1, 0.15) is 0 Å². The molecule has 0 saturated carbocycles. The zero-order chi connectivity index (χ0) is 38.7. The van der Waals surface area contributed by atoms with Gasteiger partial charge in [0.25, 0.3) is 23.6 Å². The van der Waals surface area contributed by atoms with E-state index >= 15 is 0 Å². The normalized spacial score (nSPS) is 15.5. The van der Waals surface area contributed by atoms with Crippen LogP contribution in [0.25, 0.3) is 54.2 Å². The van der Waals surface area contributed by atoms with Crippen LogP contribution >= 0.6 is 0 Å². The van der Waals surface area contributed by atoms with E-state index in [0.717, 1.165) is 100 Å². The van der Waals surface area contributed by atoms with Crippen LogP contribution in [0, 0.1) is 11.8 Å². The second-order valence-corrected chi connectivity index (χ2v) is 16.3. The van der Waals surface area contributed by atoms with Crippen LogP contribution in [0.15, 0.2) is 66.7 Å². The molecule has 2 unspecified atom stereocenters. The van der Waals surface area contributed by atoms with E-state index in [1.54, 1.807) is 0 Å². The van der Waals surface area contributed by atoms with E-state index in [4.69, 9.17) is 0 Å². The van der Waals surface area contributed by atoms with Crippen molar-refractivity contribution in [1.29, 1.82) is 0 Å². The minimum atomic E-state index is -0.240. The number of imide groups is 2. The second kappa shape index (κ2) is 14.5. The highest BCUT2D eigenvalue weighted by Crippen LogP contribution is 2.50. The Bertz CT molecular complexity index is 2510. The third kappa shape index (κ3) is 5.74. The van der Waals surface area contributed by atoms with Crippen molar-refractivity contribution in [3.05, 3.63) is 94.5 Å². The first-order valence-electron chi connectivity index (χ1n) is 20.7. The third-order valence-corrected chi connectivity index (χ3v) is 12.7. The fourth-order valence-corrected chi connectivity index (χ4v) is 9.61. The van der Waals surface area contributed by atoms with Crippen molar-refractivity contribution in [3.63, 3.8) is 0 Å². The molecule has 0 radical (unpaired) electrons. The molecule has 282 valence electrons. The molecule has 0 fully saturated rings. The summed E-state index contributed by atoms with van der Waals surface area (Å²) in [5.74, 6) is -0.257. The lowest BCUT2D eigenvalue weighted by atomic mass is 9.78. The van der Waals surface area contributed by atoms with Gasteiger partial charge in [-0.3, -0.25) is 29.0 Å². The first-order valence-corrected chi connectivity index (χ1v) is 20.7. The second-order valence-electron chi connectivity index (χ2n) is 16.3. The monoisotopic (exact) mass is 732 g/mol. The standard InChI is InChI=1S/C49H52N2O4/c1-7-11-15-29(9-3)26-50-46(52)36-22-19-33-34-20-23-38-44-40(49(55)51(48(38)54)27-30(10-4)16-12-8-2)25-39(32-18-14-13-17-31(32)28(5)6)42(45(34)44)35-21-24-37(47(50)53)43(36)41(33)35/h13-14,17-25,28-30H,7-12,15-16,26-27H2,1-6H3. The lowest BCUT2D eigenvalue weighted by Gasteiger charge is -2.33. The molecule has 8 rings (SSSR count). The Morgan fingerprint density at radius 1 is 0.473 bits per heavy atom. The molecule has 0 aromatic heterocycles. The van der Waals surface area contributed by atoms with E-state index in [1.807, 2.05) is 48.5 Å². The molecule has 2 aliphatic heterocycles. The molecule has 6 aromatic carbocycles. The summed E-state index contributed by atoms with van der Waals surface area (Å²) in [5.41, 5.74) is 5.32. The van der Waals surface area contributed by atoms with Crippen molar-refractivity contribution in [2.24, 2.45) is 11.8 Å². The number of amides is 4. The van der Waals surface area contributed by atoms with Crippen molar-refractivity contribution in [1.82, 2.24) is 9.80 Å². The molecule has 6 aromatic rings. The largest absolute Gasteiger partial charge is 0.274 e. The lowest BCUT2D eigenvalue weighted by Crippen LogP contribution is -2.43. The van der Waals surface area contributed by atoms with Gasteiger partial charge in [0.05, 0.1) is 0 Å². The number of carbonyl (C=O) groups is 4. The minimum Gasteiger partial charge on any atom is -0.274 e. The Kier molecular flexibility index (Phi) is 9.73. The maximum atomic E-state index is 14.7. The molecule has 6 nitrogen and oxygen atoms in total. The number of fused-ring (bicyclic) bond motifs is 2. The molecule has 0 N–H and O–H groups in total. The maximum absolute atomic E-state index is 14.7. The summed E-state index contributed by atoms with van der Waals surface area (Å²) in [4.78, 5) is 60.8. The van der Waals surface area contributed by atoms with Crippen LogP contribution in [-0.4, -0.2) is 46.5 Å². The Morgan fingerprint density at radius 3 is 1.45 bits per heavy atom. The molecule has 0 aliphatic carbocycles. The summed E-state index contributed by atoms with van der Waals surface area (Å²) >= 11 is 0. The molecule has 2 atom stereocenters. The van der Waals surface area contributed by atoms with Crippen LogP contribution in [0.2, 0.25) is 0 Å². The van der Waals surface area contributed by atoms with E-state index in [2.05, 4.69) is 59.7 Å². The van der Waals surface area contributed by atoms with Crippen molar-refractivity contribution in [3.8, 4) is 11.1 Å². The van der Waals surface area contributed by atoms with Crippen LogP contribution in [0.3, 0.4) is 0 Å². The molecule has 2 heterocycles. The van der Waals surface area contributed by atoms with Crippen LogP contribution in [-0.2, 0) is 0 Å². The fraction of sp³-hybridized carbons (Fsp3) is 0.388. The summed E-state index contributed by atoms with van der Waals surface area (Å²) in [5, 5.41) is 6.83. The third-order valence-electron chi connectivity index (χ3n) is 12.7. The molecule has 2 aliphatic rings. The Labute approximate surface area is 324 Å². The van der Waals surface area contributed by atoms with Gasteiger partial charge in [0.2, 0.25) is 0 Å². The molecular formula is C49H52N2O4. The van der Waals surface area contributed by atoms with Crippen LogP contribution < -0.4 is 0 Å². The van der Waals surface area contributed by atoms with Gasteiger partial charge < -0.3 is 0 Å². The molecule has 0 spiro atoms. The van der Waals surface area contributed by atoms with Gasteiger partial charge in [-0.2, -0.15) is 0 Å². The summed E-state index contributed by atoms with van der Waals surface area (Å²) in [6, 6.07) is 22.2. The van der Waals surface area contributed by atoms with Gasteiger partial charge >= 0.3 is 0 Å². The fourth-order valence-electron chi connectivity index (χ4n) is 9.61. The number of hydrogen-bond acceptors (Lipinski definition) is 4. The van der Waals surface area contributed by atoms with Gasteiger partial charge in [-0.25, -0.2) is 0 Å². The number of hydrogen-bond donors (Lipinski definition) is 0. The lowest BCUT2D eigenvalue weighted by molar-refractivity contribution is 0.0565. The van der Waals surface area contributed by atoms with Gasteiger partial charge in [0, 0.05) is 46.1 Å². The van der Waals surface area contributed by atoms with Crippen molar-refractivity contribution >= 4 is 66.7 Å². The average molecular weight is 733 g/mol. The Morgan fingerprint density at radius 2 is 0.945 bits per heavy atom. The van der Waals surface area contributed by atoms with E-state index in [9.17, 15) is 19.2 Å². The highest BCUT2D eigenvalue weighted by Gasteiger charge is 2.39. The molecule has 6 heteroatoms. The van der Waals surface area contributed by atoms with E-state index in [-0.39, 0.29) is 41.4 Å². The zero-order valence-corrected chi connectivity index (χ0v) is 33.2. The van der Waals surface area contributed by atoms with E-state index < -0.39 is 0 Å². The molecule has 0 saturated heterocycles. The van der Waals surface area contributed by atoms with Crippen LogP contribution in [0.1, 0.15) is 146 Å². The van der Waals surface area contributed by atoms with Gasteiger partial charge in [-0.15, -0.1) is 0 Å². The quantitative estimate of drug-likeness (QED) is 0.0635. The highest BCUT2D eigenvalue weighted by atomic mass is 16.2. The van der Waals surface area contributed by atoms with E-state index in [1.165, 1.54) is 9.80 Å². The van der Waals surface area contributed by atoms with Gasteiger partial charge in [-0.05, 0) is 104 Å². The topological polar surface area (TPSA) is 74.8 Å². The van der Waals surface area contributed by atoms with Crippen molar-refractivity contribution in [2.45, 2.75) is 98.8 Å². The summed E-state index contributed by atoms with van der Waals surface area (Å²) in [6.45, 7) is 13.8. The van der Waals surface area contributed by atoms with Crippen LogP contribution in [0.4, 0.5) is 0 Å². The predicted molar refractivity (Wildman–Crippen MR) is 225 cm³/mol. The maximum Gasteiger partial charge on any atom is 0.261 e. The predicted octanol–water partition coefficient (Wildman–Crippen LogP) is 12.2. The van der Waals surface area contributed by atoms with E-state index in [0.29, 0.717) is 46.1 Å². The first-order chi connectivity index (χ1) is 26.6. The number of nitrogens with zero attached hydrogens (tertiary/aromatic N) is 2. The first kappa shape index (κ1) is 36.9. The molecule has 0 bridgehead atoms. The van der Waals surface area contributed by atoms with Gasteiger partial charge in [-0.1, -0.05) is 123 Å². The average Bonchev–Trinajstić information content (AvgIpc) is 3.20. The summed E-state index contributed by atoms with van der Waals surface area (Å²) < 4.78 is 0. The molecule has 55 heavy (non-hydrogen) atoms. The molecular weight excluding hydrogens is 681 g/mol.